The van der Waals surface area contributed by atoms with Gasteiger partial charge in [0.2, 0.25) is 0 Å². The summed E-state index contributed by atoms with van der Waals surface area (Å²) in [5, 5.41) is 15.4. The molecule has 0 aliphatic carbocycles. The first-order valence-corrected chi connectivity index (χ1v) is 8.10. The number of aromatic nitrogens is 2. The Morgan fingerprint density at radius 1 is 1.18 bits per heavy atom. The summed E-state index contributed by atoms with van der Waals surface area (Å²) in [4.78, 5) is 11.5. The van der Waals surface area contributed by atoms with Crippen LogP contribution in [0.15, 0.2) is 48.5 Å². The zero-order valence-electron chi connectivity index (χ0n) is 14.1. The highest BCUT2D eigenvalue weighted by atomic mass is 19.4. The molecule has 0 bridgehead atoms. The number of alkyl halides is 3. The van der Waals surface area contributed by atoms with Crippen LogP contribution in [-0.2, 0) is 11.0 Å². The van der Waals surface area contributed by atoms with Gasteiger partial charge in [0.25, 0.3) is 5.91 Å². The van der Waals surface area contributed by atoms with Crippen LogP contribution in [0.1, 0.15) is 11.3 Å². The Bertz CT molecular complexity index is 1130. The number of halogens is 3. The van der Waals surface area contributed by atoms with E-state index in [0.717, 1.165) is 10.7 Å². The van der Waals surface area contributed by atoms with E-state index < -0.39 is 11.9 Å². The van der Waals surface area contributed by atoms with Gasteiger partial charge < -0.3 is 10.1 Å². The molecule has 2 aromatic carbocycles. The van der Waals surface area contributed by atoms with Crippen molar-refractivity contribution in [3.05, 3.63) is 59.8 Å². The molecule has 1 aliphatic rings. The lowest BCUT2D eigenvalue weighted by Gasteiger charge is -2.18. The van der Waals surface area contributed by atoms with E-state index in [1.807, 2.05) is 6.07 Å². The number of hydrogen-bond acceptors (Lipinski definition) is 4. The number of rotatable bonds is 2. The molecule has 140 valence electrons. The number of nitrogens with one attached hydrogen (secondary N) is 1. The van der Waals surface area contributed by atoms with Crippen LogP contribution in [0, 0.1) is 11.3 Å². The van der Waals surface area contributed by atoms with Crippen molar-refractivity contribution in [1.82, 2.24) is 9.78 Å². The van der Waals surface area contributed by atoms with E-state index in [4.69, 9.17) is 10.00 Å². The number of ether oxygens (including phenoxy) is 1. The summed E-state index contributed by atoms with van der Waals surface area (Å²) in [6.45, 7) is -0.122. The molecular weight excluding hydrogens is 373 g/mol. The van der Waals surface area contributed by atoms with Gasteiger partial charge >= 0.3 is 6.18 Å². The van der Waals surface area contributed by atoms with Gasteiger partial charge in [0, 0.05) is 5.56 Å². The third kappa shape index (κ3) is 3.16. The van der Waals surface area contributed by atoms with E-state index in [1.54, 1.807) is 30.3 Å². The fourth-order valence-electron chi connectivity index (χ4n) is 2.87. The molecular formula is C19H11F3N4O2. The molecule has 0 saturated heterocycles. The SMILES string of the molecule is N#Cc1cccc(-n2nc(C(F)(F)F)cc2-c2ccc3c(c2)NC(=O)CO3)c1. The minimum absolute atomic E-state index is 0.122. The highest BCUT2D eigenvalue weighted by molar-refractivity contribution is 5.96. The number of anilines is 1. The standard InChI is InChI=1S/C19H11F3N4O2/c20-19(21,22)17-8-15(26(25-17)13-3-1-2-11(6-13)9-23)12-4-5-16-14(7-12)24-18(27)10-28-16/h1-8H,10H2,(H,24,27). The summed E-state index contributed by atoms with van der Waals surface area (Å²) in [6.07, 6.45) is -4.64. The van der Waals surface area contributed by atoms with E-state index in [-0.39, 0.29) is 18.2 Å². The van der Waals surface area contributed by atoms with E-state index >= 15 is 0 Å². The number of nitriles is 1. The van der Waals surface area contributed by atoms with Crippen LogP contribution in [0.5, 0.6) is 5.75 Å². The number of carbonyl (C=O) groups is 1. The second-order valence-electron chi connectivity index (χ2n) is 6.03. The predicted molar refractivity (Wildman–Crippen MR) is 92.8 cm³/mol. The number of benzene rings is 2. The maximum Gasteiger partial charge on any atom is 0.435 e. The molecule has 2 heterocycles. The van der Waals surface area contributed by atoms with Crippen molar-refractivity contribution < 1.29 is 22.7 Å². The Kier molecular flexibility index (Phi) is 4.04. The Morgan fingerprint density at radius 2 is 2.00 bits per heavy atom. The second-order valence-corrected chi connectivity index (χ2v) is 6.03. The molecule has 6 nitrogen and oxygen atoms in total. The zero-order chi connectivity index (χ0) is 19.9. The Morgan fingerprint density at radius 3 is 2.75 bits per heavy atom. The zero-order valence-corrected chi connectivity index (χ0v) is 14.1. The van der Waals surface area contributed by atoms with Gasteiger partial charge in [-0.2, -0.15) is 23.5 Å². The summed E-state index contributed by atoms with van der Waals surface area (Å²) in [5.74, 6) is 0.0767. The molecule has 1 amide bonds. The van der Waals surface area contributed by atoms with Gasteiger partial charge in [-0.15, -0.1) is 0 Å². The largest absolute Gasteiger partial charge is 0.482 e. The molecule has 1 aromatic heterocycles. The maximum absolute atomic E-state index is 13.3. The quantitative estimate of drug-likeness (QED) is 0.730. The second kappa shape index (κ2) is 6.42. The van der Waals surface area contributed by atoms with Crippen LogP contribution in [0.3, 0.4) is 0 Å². The molecule has 0 atom stereocenters. The first-order chi connectivity index (χ1) is 13.3. The van der Waals surface area contributed by atoms with Gasteiger partial charge in [0.15, 0.2) is 12.3 Å². The van der Waals surface area contributed by atoms with Gasteiger partial charge in [0.1, 0.15) is 5.75 Å². The summed E-state index contributed by atoms with van der Waals surface area (Å²) in [7, 11) is 0. The first kappa shape index (κ1) is 17.6. The average Bonchev–Trinajstić information content (AvgIpc) is 3.13. The third-order valence-corrected chi connectivity index (χ3v) is 4.13. The van der Waals surface area contributed by atoms with Crippen molar-refractivity contribution in [3.63, 3.8) is 0 Å². The van der Waals surface area contributed by atoms with E-state index in [1.165, 1.54) is 12.1 Å². The Labute approximate surface area is 156 Å². The van der Waals surface area contributed by atoms with Crippen LogP contribution < -0.4 is 10.1 Å². The van der Waals surface area contributed by atoms with Gasteiger partial charge in [-0.05, 0) is 42.5 Å². The van der Waals surface area contributed by atoms with Crippen molar-refractivity contribution >= 4 is 11.6 Å². The van der Waals surface area contributed by atoms with Crippen LogP contribution in [0.25, 0.3) is 16.9 Å². The minimum atomic E-state index is -4.64. The van der Waals surface area contributed by atoms with Gasteiger partial charge in [-0.1, -0.05) is 6.07 Å². The fourth-order valence-corrected chi connectivity index (χ4v) is 2.87. The van der Waals surface area contributed by atoms with E-state index in [0.29, 0.717) is 28.3 Å². The lowest BCUT2D eigenvalue weighted by molar-refractivity contribution is -0.141. The molecule has 0 unspecified atom stereocenters. The highest BCUT2D eigenvalue weighted by Gasteiger charge is 2.35. The lowest BCUT2D eigenvalue weighted by Crippen LogP contribution is -2.25. The number of fused-ring (bicyclic) bond motifs is 1. The minimum Gasteiger partial charge on any atom is -0.482 e. The summed E-state index contributed by atoms with van der Waals surface area (Å²) >= 11 is 0. The van der Waals surface area contributed by atoms with Gasteiger partial charge in [-0.25, -0.2) is 4.68 Å². The molecule has 0 spiro atoms. The maximum atomic E-state index is 13.3. The molecule has 1 N–H and O–H groups in total. The normalized spacial score (nSPS) is 13.3. The van der Waals surface area contributed by atoms with Crippen molar-refractivity contribution in [1.29, 1.82) is 5.26 Å². The number of amides is 1. The molecule has 28 heavy (non-hydrogen) atoms. The van der Waals surface area contributed by atoms with Crippen LogP contribution in [0.2, 0.25) is 0 Å². The smallest absolute Gasteiger partial charge is 0.435 e. The molecule has 0 saturated carbocycles. The van der Waals surface area contributed by atoms with Crippen molar-refractivity contribution in [3.8, 4) is 28.8 Å². The molecule has 4 rings (SSSR count). The predicted octanol–water partition coefficient (Wildman–Crippen LogP) is 3.76. The van der Waals surface area contributed by atoms with Crippen molar-refractivity contribution in [2.75, 3.05) is 11.9 Å². The van der Waals surface area contributed by atoms with Gasteiger partial charge in [0.05, 0.1) is 28.7 Å². The van der Waals surface area contributed by atoms with Crippen molar-refractivity contribution in [2.45, 2.75) is 6.18 Å². The van der Waals surface area contributed by atoms with Crippen LogP contribution in [-0.4, -0.2) is 22.3 Å². The Hall–Kier alpha value is -3.80. The first-order valence-electron chi connectivity index (χ1n) is 8.10. The molecule has 0 fully saturated rings. The topological polar surface area (TPSA) is 79.9 Å². The van der Waals surface area contributed by atoms with E-state index in [9.17, 15) is 18.0 Å². The van der Waals surface area contributed by atoms with Gasteiger partial charge in [-0.3, -0.25) is 4.79 Å². The average molecular weight is 384 g/mol. The number of nitrogens with zero attached hydrogens (tertiary/aromatic N) is 3. The fraction of sp³-hybridized carbons (Fsp3) is 0.105. The Balaban J connectivity index is 1.89. The number of hydrogen-bond donors (Lipinski definition) is 1. The molecule has 1 aliphatic heterocycles. The summed E-state index contributed by atoms with van der Waals surface area (Å²) in [6, 6.07) is 13.7. The molecule has 3 aromatic rings. The highest BCUT2D eigenvalue weighted by Crippen LogP contribution is 2.36. The summed E-state index contributed by atoms with van der Waals surface area (Å²) in [5.41, 5.74) is 0.449. The van der Waals surface area contributed by atoms with Crippen LogP contribution >= 0.6 is 0 Å². The lowest BCUT2D eigenvalue weighted by atomic mass is 10.1. The van der Waals surface area contributed by atoms with E-state index in [2.05, 4.69) is 10.4 Å². The monoisotopic (exact) mass is 384 g/mol. The molecule has 9 heteroatoms. The third-order valence-electron chi connectivity index (χ3n) is 4.13. The van der Waals surface area contributed by atoms with Crippen LogP contribution in [0.4, 0.5) is 18.9 Å². The molecule has 0 radical (unpaired) electrons. The van der Waals surface area contributed by atoms with Crippen molar-refractivity contribution in [2.24, 2.45) is 0 Å². The summed E-state index contributed by atoms with van der Waals surface area (Å²) < 4.78 is 46.2. The number of carbonyl (C=O) groups excluding carboxylic acids is 1.